The fourth-order valence-electron chi connectivity index (χ4n) is 2.21. The highest BCUT2D eigenvalue weighted by atomic mass is 35.5. The van der Waals surface area contributed by atoms with Crippen molar-refractivity contribution in [3.05, 3.63) is 23.5 Å². The summed E-state index contributed by atoms with van der Waals surface area (Å²) in [7, 11) is -6.98. The molecule has 118 valence electrons. The number of nitrogens with zero attached hydrogens (tertiary/aromatic N) is 2. The number of hydrogen-bond acceptors (Lipinski definition) is 5. The lowest BCUT2D eigenvalue weighted by Crippen LogP contribution is -2.46. The van der Waals surface area contributed by atoms with Gasteiger partial charge in [-0.3, -0.25) is 4.98 Å². The maximum Gasteiger partial charge on any atom is 0.246 e. The van der Waals surface area contributed by atoms with Crippen molar-refractivity contribution in [3.8, 4) is 0 Å². The monoisotopic (exact) mass is 353 g/mol. The van der Waals surface area contributed by atoms with Crippen LogP contribution in [0.2, 0.25) is 5.02 Å². The Labute approximate surface area is 129 Å². The molecule has 1 saturated heterocycles. The fraction of sp³-hybridized carbons (Fsp3) is 0.545. The lowest BCUT2D eigenvalue weighted by atomic mass is 10.1. The Morgan fingerprint density at radius 1 is 1.29 bits per heavy atom. The highest BCUT2D eigenvalue weighted by Crippen LogP contribution is 2.25. The number of pyridine rings is 1. The number of sulfonamides is 2. The molecule has 2 rings (SSSR count). The third kappa shape index (κ3) is 4.13. The SMILES string of the molecule is CS(=O)(=O)NC1CCN(S(=O)(=O)c2cnccc2Cl)CC1. The first-order valence-corrected chi connectivity index (χ1v) is 9.98. The first kappa shape index (κ1) is 16.6. The van der Waals surface area contributed by atoms with Gasteiger partial charge in [-0.1, -0.05) is 11.6 Å². The highest BCUT2D eigenvalue weighted by Gasteiger charge is 2.31. The van der Waals surface area contributed by atoms with Crippen molar-refractivity contribution < 1.29 is 16.8 Å². The van der Waals surface area contributed by atoms with Gasteiger partial charge in [-0.15, -0.1) is 0 Å². The molecule has 1 aromatic rings. The summed E-state index contributed by atoms with van der Waals surface area (Å²) in [6.07, 6.45) is 4.57. The van der Waals surface area contributed by atoms with E-state index >= 15 is 0 Å². The summed E-state index contributed by atoms with van der Waals surface area (Å²) in [5, 5.41) is 0.126. The second-order valence-corrected chi connectivity index (χ2v) is 8.97. The molecule has 7 nitrogen and oxygen atoms in total. The smallest absolute Gasteiger partial charge is 0.246 e. The Kier molecular flexibility index (Phi) is 4.89. The highest BCUT2D eigenvalue weighted by molar-refractivity contribution is 7.89. The van der Waals surface area contributed by atoms with Crippen molar-refractivity contribution in [3.63, 3.8) is 0 Å². The van der Waals surface area contributed by atoms with Gasteiger partial charge in [-0.25, -0.2) is 21.6 Å². The molecule has 0 unspecified atom stereocenters. The van der Waals surface area contributed by atoms with E-state index in [0.29, 0.717) is 12.8 Å². The average molecular weight is 354 g/mol. The van der Waals surface area contributed by atoms with E-state index in [-0.39, 0.29) is 29.0 Å². The molecule has 2 heterocycles. The number of nitrogens with one attached hydrogen (secondary N) is 1. The molecule has 1 fully saturated rings. The Hall–Kier alpha value is -0.740. The van der Waals surface area contributed by atoms with Gasteiger partial charge in [0.2, 0.25) is 20.0 Å². The third-order valence-corrected chi connectivity index (χ3v) is 6.32. The Morgan fingerprint density at radius 3 is 2.43 bits per heavy atom. The van der Waals surface area contributed by atoms with Crippen LogP contribution < -0.4 is 4.72 Å². The Morgan fingerprint density at radius 2 is 1.90 bits per heavy atom. The summed E-state index contributed by atoms with van der Waals surface area (Å²) in [6, 6.07) is 1.18. The van der Waals surface area contributed by atoms with Crippen LogP contribution in [0.5, 0.6) is 0 Å². The van der Waals surface area contributed by atoms with E-state index in [1.807, 2.05) is 0 Å². The minimum Gasteiger partial charge on any atom is -0.263 e. The quantitative estimate of drug-likeness (QED) is 0.847. The molecule has 21 heavy (non-hydrogen) atoms. The predicted molar refractivity (Wildman–Crippen MR) is 79.0 cm³/mol. The van der Waals surface area contributed by atoms with Crippen molar-refractivity contribution in [1.82, 2.24) is 14.0 Å². The van der Waals surface area contributed by atoms with E-state index in [1.165, 1.54) is 22.8 Å². The van der Waals surface area contributed by atoms with Gasteiger partial charge in [0.25, 0.3) is 0 Å². The van der Waals surface area contributed by atoms with Gasteiger partial charge >= 0.3 is 0 Å². The number of aromatic nitrogens is 1. The van der Waals surface area contributed by atoms with Crippen molar-refractivity contribution in [2.75, 3.05) is 19.3 Å². The maximum atomic E-state index is 12.5. The zero-order valence-electron chi connectivity index (χ0n) is 11.4. The number of rotatable bonds is 4. The molecule has 0 aromatic carbocycles. The summed E-state index contributed by atoms with van der Waals surface area (Å²) in [5.41, 5.74) is 0. The van der Waals surface area contributed by atoms with Crippen LogP contribution in [-0.4, -0.2) is 51.5 Å². The topological polar surface area (TPSA) is 96.4 Å². The van der Waals surface area contributed by atoms with Gasteiger partial charge in [0.15, 0.2) is 0 Å². The molecule has 0 saturated carbocycles. The van der Waals surface area contributed by atoms with Crippen LogP contribution in [0.4, 0.5) is 0 Å². The molecule has 1 aliphatic heterocycles. The zero-order chi connectivity index (χ0) is 15.7. The van der Waals surface area contributed by atoms with Crippen LogP contribution in [0, 0.1) is 0 Å². The van der Waals surface area contributed by atoms with Crippen LogP contribution >= 0.6 is 11.6 Å². The molecule has 0 spiro atoms. The normalized spacial score (nSPS) is 18.8. The standard InChI is InChI=1S/C11H16ClN3O4S2/c1-20(16,17)14-9-3-6-15(7-4-9)21(18,19)11-8-13-5-2-10(11)12/h2,5,8-9,14H,3-4,6-7H2,1H3. The second kappa shape index (κ2) is 6.17. The van der Waals surface area contributed by atoms with E-state index in [1.54, 1.807) is 0 Å². The van der Waals surface area contributed by atoms with Crippen LogP contribution in [0.1, 0.15) is 12.8 Å². The summed E-state index contributed by atoms with van der Waals surface area (Å²) < 4.78 is 51.1. The molecule has 1 aromatic heterocycles. The molecule has 0 bridgehead atoms. The van der Waals surface area contributed by atoms with Crippen molar-refractivity contribution in [1.29, 1.82) is 0 Å². The van der Waals surface area contributed by atoms with Gasteiger partial charge in [0.1, 0.15) is 4.90 Å². The van der Waals surface area contributed by atoms with E-state index in [4.69, 9.17) is 11.6 Å². The number of halogens is 1. The summed E-state index contributed by atoms with van der Waals surface area (Å²) >= 11 is 5.91. The lowest BCUT2D eigenvalue weighted by Gasteiger charge is -2.31. The minimum absolute atomic E-state index is 0.0267. The van der Waals surface area contributed by atoms with Crippen LogP contribution in [0.15, 0.2) is 23.4 Å². The van der Waals surface area contributed by atoms with Crippen molar-refractivity contribution >= 4 is 31.6 Å². The average Bonchev–Trinajstić information content (AvgIpc) is 2.37. The van der Waals surface area contributed by atoms with Crippen LogP contribution in [0.3, 0.4) is 0 Å². The third-order valence-electron chi connectivity index (χ3n) is 3.19. The molecule has 0 aliphatic carbocycles. The largest absolute Gasteiger partial charge is 0.263 e. The first-order valence-electron chi connectivity index (χ1n) is 6.27. The summed E-state index contributed by atoms with van der Waals surface area (Å²) in [6.45, 7) is 0.474. The maximum absolute atomic E-state index is 12.5. The first-order chi connectivity index (χ1) is 9.70. The van der Waals surface area contributed by atoms with E-state index in [0.717, 1.165) is 6.26 Å². The molecule has 1 aliphatic rings. The molecule has 0 amide bonds. The second-order valence-electron chi connectivity index (χ2n) is 4.87. The van der Waals surface area contributed by atoms with E-state index in [9.17, 15) is 16.8 Å². The van der Waals surface area contributed by atoms with E-state index < -0.39 is 20.0 Å². The van der Waals surface area contributed by atoms with Crippen LogP contribution in [-0.2, 0) is 20.0 Å². The Bertz CT molecular complexity index is 713. The summed E-state index contributed by atoms with van der Waals surface area (Å²) in [4.78, 5) is 3.76. The van der Waals surface area contributed by atoms with Gasteiger partial charge in [0.05, 0.1) is 11.3 Å². The fourth-order valence-corrected chi connectivity index (χ4v) is 4.93. The van der Waals surface area contributed by atoms with Crippen molar-refractivity contribution in [2.24, 2.45) is 0 Å². The lowest BCUT2D eigenvalue weighted by molar-refractivity contribution is 0.308. The molecule has 0 atom stereocenters. The van der Waals surface area contributed by atoms with Crippen molar-refractivity contribution in [2.45, 2.75) is 23.8 Å². The minimum atomic E-state index is -3.70. The van der Waals surface area contributed by atoms with Gasteiger partial charge in [-0.05, 0) is 18.9 Å². The zero-order valence-corrected chi connectivity index (χ0v) is 13.7. The van der Waals surface area contributed by atoms with Crippen LogP contribution in [0.25, 0.3) is 0 Å². The molecule has 1 N–H and O–H groups in total. The predicted octanol–water partition coefficient (Wildman–Crippen LogP) is 0.437. The number of hydrogen-bond donors (Lipinski definition) is 1. The molecule has 10 heteroatoms. The van der Waals surface area contributed by atoms with E-state index in [2.05, 4.69) is 9.71 Å². The molecule has 0 radical (unpaired) electrons. The molecular formula is C11H16ClN3O4S2. The molecular weight excluding hydrogens is 338 g/mol. The Balaban J connectivity index is 2.10. The number of piperidine rings is 1. The summed E-state index contributed by atoms with van der Waals surface area (Å²) in [5.74, 6) is 0. The van der Waals surface area contributed by atoms with Gasteiger partial charge in [-0.2, -0.15) is 4.31 Å². The van der Waals surface area contributed by atoms with Gasteiger partial charge < -0.3 is 0 Å². The van der Waals surface area contributed by atoms with Gasteiger partial charge in [0, 0.05) is 31.5 Å².